The zero-order valence-electron chi connectivity index (χ0n) is 22.3. The molecule has 0 unspecified atom stereocenters. The number of piperazine rings is 1. The average molecular weight is 502 g/mol. The van der Waals surface area contributed by atoms with Gasteiger partial charge in [-0.3, -0.25) is 4.99 Å². The molecule has 2 aliphatic rings. The average Bonchev–Trinajstić information content (AvgIpc) is 3.61. The van der Waals surface area contributed by atoms with Crippen LogP contribution in [0.4, 0.5) is 10.6 Å². The molecule has 0 bridgehead atoms. The zero-order chi connectivity index (χ0) is 26.3. The molecule has 2 fully saturated rings. The number of aromatic amines is 1. The van der Waals surface area contributed by atoms with Crippen molar-refractivity contribution in [1.82, 2.24) is 24.8 Å². The van der Waals surface area contributed by atoms with E-state index >= 15 is 0 Å². The van der Waals surface area contributed by atoms with E-state index < -0.39 is 5.60 Å². The van der Waals surface area contributed by atoms with Gasteiger partial charge >= 0.3 is 6.09 Å². The van der Waals surface area contributed by atoms with Crippen molar-refractivity contribution in [3.05, 3.63) is 41.5 Å². The van der Waals surface area contributed by atoms with E-state index in [0.29, 0.717) is 37.9 Å². The monoisotopic (exact) mass is 501 g/mol. The van der Waals surface area contributed by atoms with Crippen molar-refractivity contribution < 1.29 is 9.53 Å². The Morgan fingerprint density at radius 2 is 1.92 bits per heavy atom. The van der Waals surface area contributed by atoms with E-state index in [9.17, 15) is 4.79 Å². The Morgan fingerprint density at radius 3 is 2.57 bits per heavy atom. The molecule has 194 valence electrons. The van der Waals surface area contributed by atoms with Crippen LogP contribution in [-0.4, -0.2) is 69.4 Å². The Hall–Kier alpha value is -3.75. The van der Waals surface area contributed by atoms with Crippen molar-refractivity contribution in [2.45, 2.75) is 53.1 Å². The highest BCUT2D eigenvalue weighted by Gasteiger charge is 2.34. The fourth-order valence-electron chi connectivity index (χ4n) is 4.89. The second-order valence-corrected chi connectivity index (χ2v) is 10.9. The summed E-state index contributed by atoms with van der Waals surface area (Å²) in [7, 11) is 0. The summed E-state index contributed by atoms with van der Waals surface area (Å²) in [4.78, 5) is 38.7. The maximum Gasteiger partial charge on any atom is 0.410 e. The van der Waals surface area contributed by atoms with Crippen LogP contribution in [0.2, 0.25) is 0 Å². The van der Waals surface area contributed by atoms with Crippen LogP contribution in [0.1, 0.15) is 50.6 Å². The number of rotatable bonds is 5. The van der Waals surface area contributed by atoms with Crippen molar-refractivity contribution >= 4 is 35.2 Å². The van der Waals surface area contributed by atoms with Gasteiger partial charge in [-0.25, -0.2) is 19.7 Å². The first-order valence-corrected chi connectivity index (χ1v) is 12.9. The number of hydrogen-bond acceptors (Lipinski definition) is 7. The molecular formula is C28H35N7O2. The number of carbonyl (C=O) groups excluding carboxylic acids is 1. The minimum Gasteiger partial charge on any atom is -0.444 e. The standard InChI is InChI=1S/C28H35N7O2/c1-17-15-21-20(9-10-30-24(21)31-17)25-32-18(2)23(22(16-29-6)19-7-8-19)26(33-25)34-11-13-35(14-12-34)27(36)37-28(3,4)5/h9-10,15-16,19H,6-8,11-14H2,1-5H3,(H,30,31)/b22-16-. The highest BCUT2D eigenvalue weighted by atomic mass is 16.6. The highest BCUT2D eigenvalue weighted by Crippen LogP contribution is 2.45. The normalized spacial score (nSPS) is 16.8. The van der Waals surface area contributed by atoms with Gasteiger partial charge in [-0.05, 0) is 77.8 Å². The molecule has 9 nitrogen and oxygen atoms in total. The fraction of sp³-hybridized carbons (Fsp3) is 0.464. The van der Waals surface area contributed by atoms with E-state index in [0.717, 1.165) is 57.8 Å². The quantitative estimate of drug-likeness (QED) is 0.486. The Bertz CT molecular complexity index is 1370. The molecule has 1 saturated carbocycles. The van der Waals surface area contributed by atoms with Crippen molar-refractivity contribution in [2.24, 2.45) is 10.9 Å². The number of aromatic nitrogens is 4. The number of amides is 1. The first-order chi connectivity index (χ1) is 17.6. The molecule has 37 heavy (non-hydrogen) atoms. The highest BCUT2D eigenvalue weighted by molar-refractivity contribution is 5.92. The van der Waals surface area contributed by atoms with Crippen LogP contribution in [0.25, 0.3) is 28.0 Å². The van der Waals surface area contributed by atoms with Gasteiger partial charge in [0.1, 0.15) is 17.1 Å². The minimum absolute atomic E-state index is 0.275. The van der Waals surface area contributed by atoms with Crippen LogP contribution in [0.5, 0.6) is 0 Å². The Morgan fingerprint density at radius 1 is 1.19 bits per heavy atom. The van der Waals surface area contributed by atoms with Crippen LogP contribution in [-0.2, 0) is 4.74 Å². The molecule has 5 rings (SSSR count). The van der Waals surface area contributed by atoms with E-state index in [1.54, 1.807) is 11.1 Å². The van der Waals surface area contributed by atoms with Crippen molar-refractivity contribution in [3.63, 3.8) is 0 Å². The number of allylic oxidation sites excluding steroid dienone is 1. The van der Waals surface area contributed by atoms with Gasteiger partial charge in [0.25, 0.3) is 0 Å². The maximum absolute atomic E-state index is 12.7. The number of nitrogens with zero attached hydrogens (tertiary/aromatic N) is 6. The third-order valence-corrected chi connectivity index (χ3v) is 6.75. The Labute approximate surface area is 217 Å². The van der Waals surface area contributed by atoms with Gasteiger partial charge in [0.2, 0.25) is 0 Å². The number of pyridine rings is 1. The van der Waals surface area contributed by atoms with Gasteiger partial charge in [0.05, 0.1) is 5.69 Å². The first-order valence-electron chi connectivity index (χ1n) is 12.9. The van der Waals surface area contributed by atoms with Gasteiger partial charge in [-0.2, -0.15) is 0 Å². The summed E-state index contributed by atoms with van der Waals surface area (Å²) in [6.45, 7) is 15.9. The molecule has 1 saturated heterocycles. The smallest absolute Gasteiger partial charge is 0.410 e. The van der Waals surface area contributed by atoms with Crippen LogP contribution >= 0.6 is 0 Å². The molecule has 1 aliphatic heterocycles. The number of fused-ring (bicyclic) bond motifs is 1. The number of hydrogen-bond donors (Lipinski definition) is 1. The van der Waals surface area contributed by atoms with Gasteiger partial charge in [0, 0.05) is 60.8 Å². The molecule has 0 spiro atoms. The molecule has 1 N–H and O–H groups in total. The number of carbonyl (C=O) groups is 1. The van der Waals surface area contributed by atoms with Crippen molar-refractivity contribution in [3.8, 4) is 11.4 Å². The molecular weight excluding hydrogens is 466 g/mol. The molecule has 3 aromatic heterocycles. The lowest BCUT2D eigenvalue weighted by Gasteiger charge is -2.37. The lowest BCUT2D eigenvalue weighted by atomic mass is 10.00. The SMILES string of the molecule is C=N/C=C(\c1c(C)nc(-c2ccnc3[nH]c(C)cc23)nc1N1CCN(C(=O)OC(C)(C)C)CC1)C1CC1. The number of H-pyrrole nitrogens is 1. The van der Waals surface area contributed by atoms with E-state index in [1.807, 2.05) is 46.9 Å². The summed E-state index contributed by atoms with van der Waals surface area (Å²) in [6.07, 6.45) is 5.63. The molecule has 1 aliphatic carbocycles. The predicted octanol–water partition coefficient (Wildman–Crippen LogP) is 5.15. The third kappa shape index (κ3) is 5.21. The van der Waals surface area contributed by atoms with Gasteiger partial charge in [0.15, 0.2) is 5.82 Å². The van der Waals surface area contributed by atoms with Crippen molar-refractivity contribution in [1.29, 1.82) is 0 Å². The number of nitrogens with one attached hydrogen (secondary N) is 1. The van der Waals surface area contributed by atoms with Crippen molar-refractivity contribution in [2.75, 3.05) is 31.1 Å². The zero-order valence-corrected chi connectivity index (χ0v) is 22.3. The number of anilines is 1. The second-order valence-electron chi connectivity index (χ2n) is 10.9. The summed E-state index contributed by atoms with van der Waals surface area (Å²) in [6, 6.07) is 4.05. The minimum atomic E-state index is -0.520. The summed E-state index contributed by atoms with van der Waals surface area (Å²) in [5.41, 5.74) is 5.36. The Balaban J connectivity index is 1.55. The molecule has 0 atom stereocenters. The van der Waals surface area contributed by atoms with Gasteiger partial charge < -0.3 is 19.5 Å². The number of ether oxygens (including phenoxy) is 1. The van der Waals surface area contributed by atoms with E-state index in [2.05, 4.69) is 32.6 Å². The molecule has 9 heteroatoms. The van der Waals surface area contributed by atoms with E-state index in [4.69, 9.17) is 14.7 Å². The van der Waals surface area contributed by atoms with E-state index in [1.165, 1.54) is 0 Å². The number of aryl methyl sites for hydroxylation is 2. The lowest BCUT2D eigenvalue weighted by molar-refractivity contribution is 0.0240. The van der Waals surface area contributed by atoms with Crippen LogP contribution in [0.3, 0.4) is 0 Å². The summed E-state index contributed by atoms with van der Waals surface area (Å²) in [5.74, 6) is 1.99. The molecule has 4 heterocycles. The summed E-state index contributed by atoms with van der Waals surface area (Å²) < 4.78 is 5.60. The third-order valence-electron chi connectivity index (χ3n) is 6.75. The topological polar surface area (TPSA) is 99.6 Å². The maximum atomic E-state index is 12.7. The summed E-state index contributed by atoms with van der Waals surface area (Å²) in [5, 5.41) is 0.999. The largest absolute Gasteiger partial charge is 0.444 e. The first kappa shape index (κ1) is 24.9. The fourth-order valence-corrected chi connectivity index (χ4v) is 4.89. The molecule has 0 aromatic carbocycles. The lowest BCUT2D eigenvalue weighted by Crippen LogP contribution is -2.50. The van der Waals surface area contributed by atoms with E-state index in [-0.39, 0.29) is 6.09 Å². The molecule has 0 radical (unpaired) electrons. The van der Waals surface area contributed by atoms with Crippen LogP contribution in [0, 0.1) is 19.8 Å². The molecule has 3 aromatic rings. The second kappa shape index (κ2) is 9.61. The van der Waals surface area contributed by atoms with Gasteiger partial charge in [-0.15, -0.1) is 0 Å². The summed E-state index contributed by atoms with van der Waals surface area (Å²) >= 11 is 0. The van der Waals surface area contributed by atoms with Crippen LogP contribution in [0.15, 0.2) is 29.5 Å². The molecule has 1 amide bonds. The Kier molecular flexibility index (Phi) is 6.47. The predicted molar refractivity (Wildman–Crippen MR) is 147 cm³/mol. The van der Waals surface area contributed by atoms with Gasteiger partial charge in [-0.1, -0.05) is 0 Å². The number of aliphatic imine (C=N–C) groups is 1. The van der Waals surface area contributed by atoms with Crippen LogP contribution < -0.4 is 4.90 Å².